The molecule has 2 N–H and O–H groups in total. The molecule has 0 heterocycles. The standard InChI is InChI=1S/C17H18N2O5/c1-22-13-7-12(8-14(9-13)23-2)17(21)19-18-10-11-4-5-16(24-3)15(20)6-11/h4-10,20H,1-3H3,(H,19,21). The number of carbonyl (C=O) groups excluding carboxylic acids is 1. The number of hydrogen-bond acceptors (Lipinski definition) is 6. The largest absolute Gasteiger partial charge is 0.504 e. The summed E-state index contributed by atoms with van der Waals surface area (Å²) in [6.45, 7) is 0. The Balaban J connectivity index is 2.08. The summed E-state index contributed by atoms with van der Waals surface area (Å²) < 4.78 is 15.2. The number of hydrogen-bond donors (Lipinski definition) is 2. The fourth-order valence-electron chi connectivity index (χ4n) is 1.96. The van der Waals surface area contributed by atoms with Crippen LogP contribution < -0.4 is 19.6 Å². The molecule has 0 unspecified atom stereocenters. The van der Waals surface area contributed by atoms with Crippen LogP contribution in [0.25, 0.3) is 0 Å². The Morgan fingerprint density at radius 1 is 1.04 bits per heavy atom. The van der Waals surface area contributed by atoms with Crippen LogP contribution in [0.4, 0.5) is 0 Å². The van der Waals surface area contributed by atoms with Crippen molar-refractivity contribution in [1.29, 1.82) is 0 Å². The molecule has 0 aliphatic rings. The molecule has 24 heavy (non-hydrogen) atoms. The molecule has 126 valence electrons. The van der Waals surface area contributed by atoms with Crippen molar-refractivity contribution in [3.8, 4) is 23.0 Å². The summed E-state index contributed by atoms with van der Waals surface area (Å²) in [6, 6.07) is 9.59. The number of ether oxygens (including phenoxy) is 3. The molecule has 0 aromatic heterocycles. The molecule has 0 aliphatic heterocycles. The van der Waals surface area contributed by atoms with Gasteiger partial charge in [-0.1, -0.05) is 0 Å². The van der Waals surface area contributed by atoms with Crippen molar-refractivity contribution in [2.45, 2.75) is 0 Å². The number of rotatable bonds is 6. The topological polar surface area (TPSA) is 89.4 Å². The minimum Gasteiger partial charge on any atom is -0.504 e. The monoisotopic (exact) mass is 330 g/mol. The second-order valence-corrected chi connectivity index (χ2v) is 4.73. The van der Waals surface area contributed by atoms with Gasteiger partial charge in [0.15, 0.2) is 11.5 Å². The van der Waals surface area contributed by atoms with E-state index in [1.54, 1.807) is 30.3 Å². The summed E-state index contributed by atoms with van der Waals surface area (Å²) in [7, 11) is 4.47. The number of methoxy groups -OCH3 is 3. The van der Waals surface area contributed by atoms with Crippen LogP contribution in [0.15, 0.2) is 41.5 Å². The predicted molar refractivity (Wildman–Crippen MR) is 89.3 cm³/mol. The zero-order valence-corrected chi connectivity index (χ0v) is 13.6. The first-order valence-electron chi connectivity index (χ1n) is 7.01. The van der Waals surface area contributed by atoms with E-state index in [1.165, 1.54) is 33.6 Å². The molecule has 7 nitrogen and oxygen atoms in total. The Morgan fingerprint density at radius 2 is 1.71 bits per heavy atom. The molecule has 0 atom stereocenters. The lowest BCUT2D eigenvalue weighted by molar-refractivity contribution is 0.0954. The van der Waals surface area contributed by atoms with Crippen LogP contribution >= 0.6 is 0 Å². The Bertz CT molecular complexity index is 736. The molecular weight excluding hydrogens is 312 g/mol. The summed E-state index contributed by atoms with van der Waals surface area (Å²) in [5.41, 5.74) is 3.36. The van der Waals surface area contributed by atoms with E-state index in [-0.39, 0.29) is 5.75 Å². The Morgan fingerprint density at radius 3 is 2.25 bits per heavy atom. The van der Waals surface area contributed by atoms with Gasteiger partial charge in [-0.3, -0.25) is 4.79 Å². The van der Waals surface area contributed by atoms with E-state index >= 15 is 0 Å². The van der Waals surface area contributed by atoms with Gasteiger partial charge >= 0.3 is 0 Å². The van der Waals surface area contributed by atoms with Gasteiger partial charge in [0, 0.05) is 11.6 Å². The van der Waals surface area contributed by atoms with Crippen LogP contribution in [-0.2, 0) is 0 Å². The maximum Gasteiger partial charge on any atom is 0.271 e. The number of aromatic hydroxyl groups is 1. The van der Waals surface area contributed by atoms with Crippen LogP contribution in [0.2, 0.25) is 0 Å². The van der Waals surface area contributed by atoms with E-state index in [9.17, 15) is 9.90 Å². The number of phenols is 1. The zero-order chi connectivity index (χ0) is 17.5. The number of nitrogens with one attached hydrogen (secondary N) is 1. The van der Waals surface area contributed by atoms with Crippen molar-refractivity contribution >= 4 is 12.1 Å². The molecule has 0 radical (unpaired) electrons. The zero-order valence-electron chi connectivity index (χ0n) is 13.6. The second-order valence-electron chi connectivity index (χ2n) is 4.73. The lowest BCUT2D eigenvalue weighted by Gasteiger charge is -2.07. The third kappa shape index (κ3) is 4.16. The lowest BCUT2D eigenvalue weighted by Crippen LogP contribution is -2.17. The molecule has 2 aromatic rings. The Hall–Kier alpha value is -3.22. The second kappa shape index (κ2) is 7.87. The van der Waals surface area contributed by atoms with Gasteiger partial charge in [0.05, 0.1) is 27.5 Å². The van der Waals surface area contributed by atoms with Crippen LogP contribution in [0.1, 0.15) is 15.9 Å². The van der Waals surface area contributed by atoms with Crippen LogP contribution in [0.3, 0.4) is 0 Å². The minimum atomic E-state index is -0.416. The average molecular weight is 330 g/mol. The van der Waals surface area contributed by atoms with Gasteiger partial charge in [-0.05, 0) is 35.9 Å². The van der Waals surface area contributed by atoms with E-state index in [1.807, 2.05) is 0 Å². The van der Waals surface area contributed by atoms with Gasteiger partial charge in [0.25, 0.3) is 5.91 Å². The van der Waals surface area contributed by atoms with Crippen molar-refractivity contribution in [2.75, 3.05) is 21.3 Å². The third-order valence-electron chi connectivity index (χ3n) is 3.20. The molecular formula is C17H18N2O5. The van der Waals surface area contributed by atoms with Crippen molar-refractivity contribution in [3.05, 3.63) is 47.5 Å². The van der Waals surface area contributed by atoms with Gasteiger partial charge in [0.1, 0.15) is 11.5 Å². The molecule has 0 fully saturated rings. The lowest BCUT2D eigenvalue weighted by atomic mass is 10.2. The van der Waals surface area contributed by atoms with E-state index in [4.69, 9.17) is 14.2 Å². The molecule has 7 heteroatoms. The Labute approximate surface area is 139 Å². The maximum atomic E-state index is 12.1. The molecule has 0 bridgehead atoms. The van der Waals surface area contributed by atoms with E-state index < -0.39 is 5.91 Å². The molecule has 0 saturated heterocycles. The maximum absolute atomic E-state index is 12.1. The highest BCUT2D eigenvalue weighted by molar-refractivity contribution is 5.95. The van der Waals surface area contributed by atoms with Crippen molar-refractivity contribution in [1.82, 2.24) is 5.43 Å². The first-order chi connectivity index (χ1) is 11.6. The van der Waals surface area contributed by atoms with Crippen LogP contribution in [-0.4, -0.2) is 38.6 Å². The quantitative estimate of drug-likeness (QED) is 0.626. The number of benzene rings is 2. The highest BCUT2D eigenvalue weighted by atomic mass is 16.5. The summed E-state index contributed by atoms with van der Waals surface area (Å²) in [4.78, 5) is 12.1. The smallest absolute Gasteiger partial charge is 0.271 e. The summed E-state index contributed by atoms with van der Waals surface area (Å²) in [5.74, 6) is 0.943. The van der Waals surface area contributed by atoms with Gasteiger partial charge in [-0.2, -0.15) is 5.10 Å². The molecule has 0 aliphatic carbocycles. The molecule has 2 rings (SSSR count). The van der Waals surface area contributed by atoms with Crippen molar-refractivity contribution < 1.29 is 24.1 Å². The fourth-order valence-corrected chi connectivity index (χ4v) is 1.96. The van der Waals surface area contributed by atoms with Gasteiger partial charge in [-0.15, -0.1) is 0 Å². The van der Waals surface area contributed by atoms with Crippen LogP contribution in [0, 0.1) is 0 Å². The number of amides is 1. The molecule has 2 aromatic carbocycles. The molecule has 0 saturated carbocycles. The first-order valence-corrected chi connectivity index (χ1v) is 7.01. The average Bonchev–Trinajstić information content (AvgIpc) is 2.61. The minimum absolute atomic E-state index is 0.00897. The number of carbonyl (C=O) groups is 1. The van der Waals surface area contributed by atoms with Gasteiger partial charge < -0.3 is 19.3 Å². The fraction of sp³-hybridized carbons (Fsp3) is 0.176. The predicted octanol–water partition coefficient (Wildman–Crippen LogP) is 2.18. The highest BCUT2D eigenvalue weighted by Crippen LogP contribution is 2.25. The molecule has 1 amide bonds. The van der Waals surface area contributed by atoms with Gasteiger partial charge in [-0.25, -0.2) is 5.43 Å². The third-order valence-corrected chi connectivity index (χ3v) is 3.20. The van der Waals surface area contributed by atoms with Gasteiger partial charge in [0.2, 0.25) is 0 Å². The number of nitrogens with zero attached hydrogens (tertiary/aromatic N) is 1. The van der Waals surface area contributed by atoms with E-state index in [0.717, 1.165) is 0 Å². The highest BCUT2D eigenvalue weighted by Gasteiger charge is 2.09. The first kappa shape index (κ1) is 17.1. The summed E-state index contributed by atoms with van der Waals surface area (Å²) in [6.07, 6.45) is 1.41. The van der Waals surface area contributed by atoms with E-state index in [0.29, 0.717) is 28.4 Å². The summed E-state index contributed by atoms with van der Waals surface area (Å²) in [5, 5.41) is 13.6. The van der Waals surface area contributed by atoms with Crippen molar-refractivity contribution in [3.63, 3.8) is 0 Å². The summed E-state index contributed by atoms with van der Waals surface area (Å²) >= 11 is 0. The van der Waals surface area contributed by atoms with Crippen LogP contribution in [0.5, 0.6) is 23.0 Å². The number of hydrazone groups is 1. The SMILES string of the molecule is COc1cc(OC)cc(C(=O)NN=Cc2ccc(OC)c(O)c2)c1. The van der Waals surface area contributed by atoms with Crippen molar-refractivity contribution in [2.24, 2.45) is 5.10 Å². The molecule has 0 spiro atoms. The van der Waals surface area contributed by atoms with E-state index in [2.05, 4.69) is 10.5 Å². The normalized spacial score (nSPS) is 10.5. The number of phenolic OH excluding ortho intramolecular Hbond substituents is 1. The Kier molecular flexibility index (Phi) is 5.62.